The maximum Gasteiger partial charge on any atom is 0.267 e. The normalized spacial score (nSPS) is 15.6. The first-order valence-corrected chi connectivity index (χ1v) is 10.9. The van der Waals surface area contributed by atoms with Crippen LogP contribution < -0.4 is 10.2 Å². The number of fused-ring (bicyclic) bond motifs is 2. The molecule has 1 aliphatic carbocycles. The quantitative estimate of drug-likeness (QED) is 0.235. The maximum absolute atomic E-state index is 11.2. The molecule has 0 fully saturated rings. The molecule has 2 aromatic carbocycles. The molecule has 1 unspecified atom stereocenters. The van der Waals surface area contributed by atoms with E-state index in [0.29, 0.717) is 6.54 Å². The zero-order valence-corrected chi connectivity index (χ0v) is 18.2. The number of nitrogens with one attached hydrogen (secondary N) is 2. The highest BCUT2D eigenvalue weighted by Crippen LogP contribution is 2.36. The van der Waals surface area contributed by atoms with Gasteiger partial charge in [-0.1, -0.05) is 18.2 Å². The number of ether oxygens (including phenoxy) is 1. The average molecular weight is 436 g/mol. The van der Waals surface area contributed by atoms with Gasteiger partial charge in [0.05, 0.1) is 13.7 Å². The predicted octanol–water partition coefficient (Wildman–Crippen LogP) is 3.22. The van der Waals surface area contributed by atoms with Gasteiger partial charge in [-0.15, -0.1) is 0 Å². The molecule has 7 nitrogen and oxygen atoms in total. The van der Waals surface area contributed by atoms with E-state index in [-0.39, 0.29) is 12.6 Å². The van der Waals surface area contributed by atoms with Crippen molar-refractivity contribution in [1.29, 1.82) is 0 Å². The second kappa shape index (κ2) is 9.99. The third kappa shape index (κ3) is 4.70. The van der Waals surface area contributed by atoms with Crippen LogP contribution in [0.3, 0.4) is 0 Å². The Morgan fingerprint density at radius 2 is 2.16 bits per heavy atom. The number of carbonyl (C=O) groups excluding carboxylic acids is 1. The number of hydroxylamine groups is 1. The van der Waals surface area contributed by atoms with Crippen LogP contribution >= 0.6 is 0 Å². The number of hydrogen-bond acceptors (Lipinski definition) is 5. The summed E-state index contributed by atoms with van der Waals surface area (Å²) >= 11 is 0. The first kappa shape index (κ1) is 22.1. The van der Waals surface area contributed by atoms with Gasteiger partial charge in [0.15, 0.2) is 0 Å². The highest BCUT2D eigenvalue weighted by molar-refractivity contribution is 5.90. The lowest BCUT2D eigenvalue weighted by Crippen LogP contribution is -2.32. The van der Waals surface area contributed by atoms with E-state index < -0.39 is 5.91 Å². The zero-order valence-electron chi connectivity index (χ0n) is 18.2. The van der Waals surface area contributed by atoms with Gasteiger partial charge in [0.2, 0.25) is 0 Å². The molecule has 1 aliphatic rings. The number of amides is 1. The van der Waals surface area contributed by atoms with Gasteiger partial charge in [0.1, 0.15) is 5.75 Å². The SMILES string of the molecule is COc1ccc2[nH]cc(CCN(CCO)C3CCc4cc(C=CC(=O)NO)ccc43)c2c1. The van der Waals surface area contributed by atoms with Crippen molar-refractivity contribution in [3.05, 3.63) is 70.9 Å². The van der Waals surface area contributed by atoms with E-state index in [1.807, 2.05) is 18.2 Å². The van der Waals surface area contributed by atoms with Crippen molar-refractivity contribution in [3.63, 3.8) is 0 Å². The molecule has 3 aromatic rings. The van der Waals surface area contributed by atoms with Crippen molar-refractivity contribution in [2.75, 3.05) is 26.8 Å². The van der Waals surface area contributed by atoms with Crippen molar-refractivity contribution >= 4 is 22.9 Å². The third-order valence-corrected chi connectivity index (χ3v) is 6.22. The molecule has 1 heterocycles. The minimum absolute atomic E-state index is 0.116. The monoisotopic (exact) mass is 435 g/mol. The Kier molecular flexibility index (Phi) is 6.90. The molecule has 4 N–H and O–H groups in total. The topological polar surface area (TPSA) is 97.8 Å². The van der Waals surface area contributed by atoms with Crippen molar-refractivity contribution in [2.45, 2.75) is 25.3 Å². The van der Waals surface area contributed by atoms with Gasteiger partial charge in [-0.2, -0.15) is 0 Å². The van der Waals surface area contributed by atoms with Crippen LogP contribution in [-0.2, 0) is 17.6 Å². The number of aromatic amines is 1. The Morgan fingerprint density at radius 1 is 1.28 bits per heavy atom. The molecule has 0 bridgehead atoms. The third-order valence-electron chi connectivity index (χ3n) is 6.22. The molecule has 32 heavy (non-hydrogen) atoms. The van der Waals surface area contributed by atoms with Crippen LogP contribution in [0.25, 0.3) is 17.0 Å². The Morgan fingerprint density at radius 3 is 2.94 bits per heavy atom. The lowest BCUT2D eigenvalue weighted by molar-refractivity contribution is -0.124. The Labute approximate surface area is 187 Å². The van der Waals surface area contributed by atoms with Crippen LogP contribution in [0, 0.1) is 0 Å². The number of carbonyl (C=O) groups is 1. The summed E-state index contributed by atoms with van der Waals surface area (Å²) in [5, 5.41) is 19.5. The summed E-state index contributed by atoms with van der Waals surface area (Å²) in [6.45, 7) is 1.58. The molecule has 0 radical (unpaired) electrons. The number of H-pyrrole nitrogens is 1. The van der Waals surface area contributed by atoms with E-state index in [2.05, 4.69) is 34.3 Å². The lowest BCUT2D eigenvalue weighted by Gasteiger charge is -2.29. The van der Waals surface area contributed by atoms with E-state index in [0.717, 1.165) is 42.6 Å². The lowest BCUT2D eigenvalue weighted by atomic mass is 10.0. The predicted molar refractivity (Wildman–Crippen MR) is 124 cm³/mol. The molecule has 4 rings (SSSR count). The van der Waals surface area contributed by atoms with Crippen LogP contribution in [0.5, 0.6) is 5.75 Å². The van der Waals surface area contributed by atoms with Crippen molar-refractivity contribution < 1.29 is 19.8 Å². The number of aliphatic hydroxyl groups excluding tert-OH is 1. The Balaban J connectivity index is 1.50. The van der Waals surface area contributed by atoms with Gasteiger partial charge in [0, 0.05) is 42.3 Å². The van der Waals surface area contributed by atoms with E-state index >= 15 is 0 Å². The number of hydrogen-bond donors (Lipinski definition) is 4. The number of aromatic nitrogens is 1. The molecule has 0 saturated heterocycles. The maximum atomic E-state index is 11.2. The molecule has 1 aromatic heterocycles. The number of aliphatic hydroxyl groups is 1. The smallest absolute Gasteiger partial charge is 0.267 e. The van der Waals surface area contributed by atoms with Crippen LogP contribution in [0.4, 0.5) is 0 Å². The summed E-state index contributed by atoms with van der Waals surface area (Å²) < 4.78 is 5.38. The number of benzene rings is 2. The van der Waals surface area contributed by atoms with Crippen LogP contribution in [-0.4, -0.2) is 52.9 Å². The van der Waals surface area contributed by atoms with E-state index in [1.165, 1.54) is 28.2 Å². The van der Waals surface area contributed by atoms with Crippen molar-refractivity contribution in [1.82, 2.24) is 15.4 Å². The molecule has 0 saturated carbocycles. The van der Waals surface area contributed by atoms with E-state index in [1.54, 1.807) is 18.7 Å². The number of aryl methyl sites for hydroxylation is 1. The van der Waals surface area contributed by atoms with E-state index in [9.17, 15) is 9.90 Å². The Hall–Kier alpha value is -3.13. The van der Waals surface area contributed by atoms with Gasteiger partial charge < -0.3 is 14.8 Å². The fourth-order valence-electron chi connectivity index (χ4n) is 4.61. The highest BCUT2D eigenvalue weighted by Gasteiger charge is 2.27. The highest BCUT2D eigenvalue weighted by atomic mass is 16.5. The minimum atomic E-state index is -0.549. The second-order valence-corrected chi connectivity index (χ2v) is 8.06. The molecular weight excluding hydrogens is 406 g/mol. The molecule has 0 spiro atoms. The molecule has 1 amide bonds. The summed E-state index contributed by atoms with van der Waals surface area (Å²) in [5.41, 5.74) is 7.40. The zero-order chi connectivity index (χ0) is 22.5. The molecule has 1 atom stereocenters. The van der Waals surface area contributed by atoms with Crippen LogP contribution in [0.1, 0.15) is 34.7 Å². The number of nitrogens with zero attached hydrogens (tertiary/aromatic N) is 1. The number of methoxy groups -OCH3 is 1. The van der Waals surface area contributed by atoms with Crippen molar-refractivity contribution in [2.24, 2.45) is 0 Å². The summed E-state index contributed by atoms with van der Waals surface area (Å²) in [5.74, 6) is 0.295. The van der Waals surface area contributed by atoms with E-state index in [4.69, 9.17) is 9.94 Å². The molecular formula is C25H29N3O4. The summed E-state index contributed by atoms with van der Waals surface area (Å²) in [6.07, 6.45) is 7.89. The van der Waals surface area contributed by atoms with Gasteiger partial charge in [-0.25, -0.2) is 5.48 Å². The summed E-state index contributed by atoms with van der Waals surface area (Å²) in [4.78, 5) is 16.9. The van der Waals surface area contributed by atoms with Gasteiger partial charge in [-0.05, 0) is 65.8 Å². The second-order valence-electron chi connectivity index (χ2n) is 8.06. The number of rotatable bonds is 9. The van der Waals surface area contributed by atoms with Crippen LogP contribution in [0.2, 0.25) is 0 Å². The molecule has 0 aliphatic heterocycles. The average Bonchev–Trinajstić information content (AvgIpc) is 3.43. The van der Waals surface area contributed by atoms with Gasteiger partial charge in [-0.3, -0.25) is 14.9 Å². The minimum Gasteiger partial charge on any atom is -0.497 e. The van der Waals surface area contributed by atoms with Crippen LogP contribution in [0.15, 0.2) is 48.7 Å². The summed E-state index contributed by atoms with van der Waals surface area (Å²) in [7, 11) is 1.68. The Bertz CT molecular complexity index is 1120. The summed E-state index contributed by atoms with van der Waals surface area (Å²) in [6, 6.07) is 12.5. The largest absolute Gasteiger partial charge is 0.497 e. The molecule has 168 valence electrons. The first-order valence-electron chi connectivity index (χ1n) is 10.9. The fourth-order valence-corrected chi connectivity index (χ4v) is 4.61. The standard InChI is InChI=1S/C25H29N3O4/c1-32-20-5-7-23-22(15-20)19(16-26-23)10-11-28(12-13-29)24-8-4-18-14-17(2-6-21(18)24)3-9-25(30)27-31/h2-3,5-7,9,14-16,24,26,29,31H,4,8,10-13H2,1H3,(H,27,30). The molecule has 7 heteroatoms. The van der Waals surface area contributed by atoms with Gasteiger partial charge >= 0.3 is 0 Å². The fraction of sp³-hybridized carbons (Fsp3) is 0.320. The van der Waals surface area contributed by atoms with Crippen molar-refractivity contribution in [3.8, 4) is 5.75 Å². The first-order chi connectivity index (χ1) is 15.6. The van der Waals surface area contributed by atoms with Gasteiger partial charge in [0.25, 0.3) is 5.91 Å².